The van der Waals surface area contributed by atoms with Crippen LogP contribution in [0.25, 0.3) is 0 Å². The van der Waals surface area contributed by atoms with Crippen molar-refractivity contribution < 1.29 is 14.1 Å². The number of carbonyl (C=O) groups is 1. The lowest BCUT2D eigenvalue weighted by Gasteiger charge is -2.17. The Labute approximate surface area is 160 Å². The molecule has 1 atom stereocenters. The van der Waals surface area contributed by atoms with Gasteiger partial charge in [0.05, 0.1) is 17.9 Å². The molecule has 1 saturated heterocycles. The van der Waals surface area contributed by atoms with E-state index in [0.717, 1.165) is 61.8 Å². The standard InChI is InChI=1S/C20H28N4O3/c1-14-18(15(2)27-23-14)5-4-9-21-20(25)17-6-7-19(22-11-17)24-10-8-16(12-24)13-26-3/h6-7,11,16H,4-5,8-10,12-13H2,1-3H3,(H,21,25)/t16-/m0/s1. The quantitative estimate of drug-likeness (QED) is 0.717. The number of aryl methyl sites for hydroxylation is 2. The zero-order chi connectivity index (χ0) is 19.2. The van der Waals surface area contributed by atoms with Crippen LogP contribution in [0.3, 0.4) is 0 Å². The fourth-order valence-corrected chi connectivity index (χ4v) is 3.55. The molecule has 2 aromatic rings. The summed E-state index contributed by atoms with van der Waals surface area (Å²) in [6.07, 6.45) is 4.45. The maximum absolute atomic E-state index is 12.3. The summed E-state index contributed by atoms with van der Waals surface area (Å²) in [6.45, 7) is 7.18. The molecule has 0 unspecified atom stereocenters. The fraction of sp³-hybridized carbons (Fsp3) is 0.550. The van der Waals surface area contributed by atoms with Gasteiger partial charge in [0.2, 0.25) is 0 Å². The van der Waals surface area contributed by atoms with Crippen LogP contribution in [0.15, 0.2) is 22.9 Å². The van der Waals surface area contributed by atoms with Crippen LogP contribution in [0.5, 0.6) is 0 Å². The Morgan fingerprint density at radius 1 is 1.41 bits per heavy atom. The van der Waals surface area contributed by atoms with E-state index in [2.05, 4.69) is 20.4 Å². The summed E-state index contributed by atoms with van der Waals surface area (Å²) >= 11 is 0. The number of pyridine rings is 1. The number of nitrogens with one attached hydrogen (secondary N) is 1. The molecule has 7 nitrogen and oxygen atoms in total. The van der Waals surface area contributed by atoms with Gasteiger partial charge in [0.15, 0.2) is 0 Å². The van der Waals surface area contributed by atoms with Crippen LogP contribution in [0.4, 0.5) is 5.82 Å². The molecule has 1 N–H and O–H groups in total. The first kappa shape index (κ1) is 19.4. The van der Waals surface area contributed by atoms with E-state index in [-0.39, 0.29) is 5.91 Å². The molecule has 0 bridgehead atoms. The monoisotopic (exact) mass is 372 g/mol. The Morgan fingerprint density at radius 2 is 2.26 bits per heavy atom. The molecule has 146 valence electrons. The predicted molar refractivity (Wildman–Crippen MR) is 103 cm³/mol. The SMILES string of the molecule is COC[C@H]1CCN(c2ccc(C(=O)NCCCc3c(C)noc3C)cn2)C1. The number of aromatic nitrogens is 2. The molecule has 7 heteroatoms. The first-order valence-electron chi connectivity index (χ1n) is 9.48. The lowest BCUT2D eigenvalue weighted by Crippen LogP contribution is -2.26. The van der Waals surface area contributed by atoms with Crippen LogP contribution in [0.1, 0.15) is 40.2 Å². The minimum atomic E-state index is -0.0912. The average Bonchev–Trinajstić information content (AvgIpc) is 3.26. The Hall–Kier alpha value is -2.41. The van der Waals surface area contributed by atoms with Gasteiger partial charge in [-0.1, -0.05) is 5.16 Å². The number of amides is 1. The molecular formula is C20H28N4O3. The summed E-state index contributed by atoms with van der Waals surface area (Å²) in [6, 6.07) is 3.77. The van der Waals surface area contributed by atoms with E-state index in [4.69, 9.17) is 9.26 Å². The molecule has 0 aromatic carbocycles. The van der Waals surface area contributed by atoms with Crippen molar-refractivity contribution in [1.29, 1.82) is 0 Å². The highest BCUT2D eigenvalue weighted by Gasteiger charge is 2.23. The zero-order valence-corrected chi connectivity index (χ0v) is 16.3. The Bertz CT molecular complexity index is 738. The van der Waals surface area contributed by atoms with E-state index in [9.17, 15) is 4.79 Å². The third-order valence-electron chi connectivity index (χ3n) is 5.09. The van der Waals surface area contributed by atoms with E-state index >= 15 is 0 Å². The van der Waals surface area contributed by atoms with Crippen molar-refractivity contribution in [1.82, 2.24) is 15.5 Å². The highest BCUT2D eigenvalue weighted by Crippen LogP contribution is 2.22. The molecular weight excluding hydrogens is 344 g/mol. The topological polar surface area (TPSA) is 80.5 Å². The average molecular weight is 372 g/mol. The molecule has 27 heavy (non-hydrogen) atoms. The number of carbonyl (C=O) groups excluding carboxylic acids is 1. The smallest absolute Gasteiger partial charge is 0.252 e. The van der Waals surface area contributed by atoms with Crippen molar-refractivity contribution in [2.45, 2.75) is 33.1 Å². The largest absolute Gasteiger partial charge is 0.384 e. The maximum Gasteiger partial charge on any atom is 0.252 e. The van der Waals surface area contributed by atoms with Crippen molar-refractivity contribution in [3.8, 4) is 0 Å². The molecule has 1 fully saturated rings. The molecule has 3 rings (SSSR count). The van der Waals surface area contributed by atoms with Gasteiger partial charge in [0.25, 0.3) is 5.91 Å². The number of nitrogens with zero attached hydrogens (tertiary/aromatic N) is 3. The molecule has 3 heterocycles. The van der Waals surface area contributed by atoms with E-state index in [1.807, 2.05) is 26.0 Å². The van der Waals surface area contributed by atoms with Crippen LogP contribution >= 0.6 is 0 Å². The predicted octanol–water partition coefficient (Wildman–Crippen LogP) is 2.52. The number of hydrogen-bond donors (Lipinski definition) is 1. The molecule has 0 aliphatic carbocycles. The Kier molecular flexibility index (Phi) is 6.45. The van der Waals surface area contributed by atoms with E-state index in [1.165, 1.54) is 0 Å². The zero-order valence-electron chi connectivity index (χ0n) is 16.3. The van der Waals surface area contributed by atoms with Crippen LogP contribution in [0.2, 0.25) is 0 Å². The minimum absolute atomic E-state index is 0.0912. The highest BCUT2D eigenvalue weighted by atomic mass is 16.5. The lowest BCUT2D eigenvalue weighted by molar-refractivity contribution is 0.0953. The maximum atomic E-state index is 12.3. The molecule has 0 saturated carbocycles. The third-order valence-corrected chi connectivity index (χ3v) is 5.09. The van der Waals surface area contributed by atoms with Gasteiger partial charge in [-0.3, -0.25) is 4.79 Å². The Balaban J connectivity index is 1.45. The van der Waals surface area contributed by atoms with E-state index in [1.54, 1.807) is 13.3 Å². The van der Waals surface area contributed by atoms with Gasteiger partial charge in [0.1, 0.15) is 11.6 Å². The van der Waals surface area contributed by atoms with Gasteiger partial charge < -0.3 is 19.5 Å². The molecule has 0 radical (unpaired) electrons. The van der Waals surface area contributed by atoms with E-state index in [0.29, 0.717) is 18.0 Å². The van der Waals surface area contributed by atoms with Gasteiger partial charge in [-0.15, -0.1) is 0 Å². The molecule has 1 amide bonds. The van der Waals surface area contributed by atoms with Crippen molar-refractivity contribution in [2.24, 2.45) is 5.92 Å². The first-order valence-corrected chi connectivity index (χ1v) is 9.48. The second-order valence-corrected chi connectivity index (χ2v) is 7.12. The third kappa shape index (κ3) is 4.86. The van der Waals surface area contributed by atoms with Gasteiger partial charge in [0, 0.05) is 44.4 Å². The molecule has 2 aromatic heterocycles. The molecule has 1 aliphatic heterocycles. The van der Waals surface area contributed by atoms with Gasteiger partial charge >= 0.3 is 0 Å². The van der Waals surface area contributed by atoms with Crippen molar-refractivity contribution in [2.75, 3.05) is 38.3 Å². The number of ether oxygens (including phenoxy) is 1. The van der Waals surface area contributed by atoms with Gasteiger partial charge in [-0.2, -0.15) is 0 Å². The van der Waals surface area contributed by atoms with Crippen molar-refractivity contribution in [3.63, 3.8) is 0 Å². The lowest BCUT2D eigenvalue weighted by atomic mass is 10.1. The fourth-order valence-electron chi connectivity index (χ4n) is 3.55. The summed E-state index contributed by atoms with van der Waals surface area (Å²) in [4.78, 5) is 19.0. The summed E-state index contributed by atoms with van der Waals surface area (Å²) in [5, 5.41) is 6.90. The van der Waals surface area contributed by atoms with Gasteiger partial charge in [-0.05, 0) is 45.2 Å². The summed E-state index contributed by atoms with van der Waals surface area (Å²) in [7, 11) is 1.74. The summed E-state index contributed by atoms with van der Waals surface area (Å²) < 4.78 is 10.4. The van der Waals surface area contributed by atoms with Crippen LogP contribution in [0, 0.1) is 19.8 Å². The van der Waals surface area contributed by atoms with Crippen molar-refractivity contribution in [3.05, 3.63) is 40.9 Å². The Morgan fingerprint density at radius 3 is 2.93 bits per heavy atom. The van der Waals surface area contributed by atoms with Crippen molar-refractivity contribution >= 4 is 11.7 Å². The van der Waals surface area contributed by atoms with Crippen LogP contribution in [-0.2, 0) is 11.2 Å². The number of anilines is 1. The second kappa shape index (κ2) is 8.99. The van der Waals surface area contributed by atoms with Crippen LogP contribution < -0.4 is 10.2 Å². The first-order chi connectivity index (χ1) is 13.1. The number of methoxy groups -OCH3 is 1. The molecule has 1 aliphatic rings. The number of rotatable bonds is 8. The second-order valence-electron chi connectivity index (χ2n) is 7.12. The minimum Gasteiger partial charge on any atom is -0.384 e. The summed E-state index contributed by atoms with van der Waals surface area (Å²) in [5.41, 5.74) is 2.64. The molecule has 0 spiro atoms. The van der Waals surface area contributed by atoms with Crippen LogP contribution in [-0.4, -0.2) is 49.4 Å². The highest BCUT2D eigenvalue weighted by molar-refractivity contribution is 5.94. The van der Waals surface area contributed by atoms with Gasteiger partial charge in [-0.25, -0.2) is 4.98 Å². The summed E-state index contributed by atoms with van der Waals surface area (Å²) in [5.74, 6) is 2.24. The van der Waals surface area contributed by atoms with E-state index < -0.39 is 0 Å². The normalized spacial score (nSPS) is 16.7. The number of hydrogen-bond acceptors (Lipinski definition) is 6.